The van der Waals surface area contributed by atoms with Crippen molar-refractivity contribution in [3.8, 4) is 0 Å². The van der Waals surface area contributed by atoms with Gasteiger partial charge in [0.2, 0.25) is 53.2 Å². The number of para-hydroxylation sites is 1. The van der Waals surface area contributed by atoms with Crippen LogP contribution < -0.4 is 76.9 Å². The Morgan fingerprint density at radius 3 is 1.81 bits per heavy atom. The van der Waals surface area contributed by atoms with Gasteiger partial charge in [-0.3, -0.25) is 53.1 Å². The standard InChI is InChI=1S/C57H88N22O12/c1-31(2)20-40(51(86)78-44(28-80)48(83)69-27-46(81)72-43(55(90)91)23-34-26-65-30-71-34)75-52(87)41(22-33-25-64-29-70-33)76-50(85)39(14-8-18-67-57(62)63)73-49(84)38(13-5-6-16-58)74-53(88)45-15-9-19-79(45)54(89)42(21-32-24-68-37-12-4-3-10-35(32)37)77-47(82)36(59)11-7-17-66-56(60)61/h3-4,10,12,24-26,29-31,36,38-45,68,80H,5-9,11,13-23,27-28,58-59H2,1-2H3,(H,64,70)(H,65,71)(H,69,83)(H,72,81)(H,73,84)(H,74,88)(H,75,87)(H,76,85)(H,77,82)(H,78,86)(H,90,91)(H4,60,61,66)(H4,62,63,67)/t36-,38-,39-,40-,41-,42-,43-,44-,45-/m0/s1. The number of fused-ring (bicyclic) bond motifs is 1. The average molecular weight is 1270 g/mol. The number of amides is 9. The van der Waals surface area contributed by atoms with Gasteiger partial charge in [0.15, 0.2) is 11.9 Å². The number of unbranched alkanes of at least 4 members (excludes halogenated alkanes) is 1. The van der Waals surface area contributed by atoms with Crippen molar-refractivity contribution in [1.29, 1.82) is 0 Å². The highest BCUT2D eigenvalue weighted by atomic mass is 16.4. The number of aliphatic hydroxyl groups excluding tert-OH is 1. The average Bonchev–Trinajstić information content (AvgIpc) is 1.80. The SMILES string of the molecule is CC(C)C[C@H](NC(=O)[C@H](Cc1cnc[nH]1)NC(=O)[C@H](CCCN=C(N)N)NC(=O)[C@H](CCCCN)NC(=O)[C@@H]1CCCN1C(=O)[C@H](Cc1c[nH]c2ccccc12)NC(=O)[C@@H](N)CCCN=C(N)N)C(=O)N[C@@H](CO)C(=O)NCC(=O)N[C@@H](Cc1cnc[nH]1)C(=O)O. The molecule has 91 heavy (non-hydrogen) atoms. The number of nitrogens with one attached hydrogen (secondary N) is 11. The molecule has 34 nitrogen and oxygen atoms in total. The number of aliphatic imine (C=N–C) groups is 2. The van der Waals surface area contributed by atoms with E-state index in [1.807, 2.05) is 24.3 Å². The Morgan fingerprint density at radius 2 is 1.21 bits per heavy atom. The van der Waals surface area contributed by atoms with Crippen molar-refractivity contribution in [3.05, 3.63) is 72.5 Å². The fraction of sp³-hybridized carbons (Fsp3) is 0.544. The molecule has 9 atom stereocenters. The normalized spacial score (nSPS) is 15.5. The number of aromatic nitrogens is 5. The summed E-state index contributed by atoms with van der Waals surface area (Å²) in [5, 5.41) is 41.3. The van der Waals surface area contributed by atoms with Gasteiger partial charge >= 0.3 is 5.97 Å². The second-order valence-corrected chi connectivity index (χ2v) is 22.5. The van der Waals surface area contributed by atoms with Gasteiger partial charge in [-0.2, -0.15) is 0 Å². The van der Waals surface area contributed by atoms with E-state index in [1.54, 1.807) is 20.0 Å². The molecule has 1 aliphatic heterocycles. The highest BCUT2D eigenvalue weighted by Crippen LogP contribution is 2.24. The molecule has 9 amide bonds. The molecule has 498 valence electrons. The minimum Gasteiger partial charge on any atom is -0.480 e. The van der Waals surface area contributed by atoms with Crippen molar-refractivity contribution in [2.24, 2.45) is 50.3 Å². The van der Waals surface area contributed by atoms with E-state index in [0.717, 1.165) is 10.9 Å². The highest BCUT2D eigenvalue weighted by Gasteiger charge is 2.40. The number of guanidine groups is 2. The summed E-state index contributed by atoms with van der Waals surface area (Å²) in [5.74, 6) is -9.26. The van der Waals surface area contributed by atoms with E-state index < -0.39 is 127 Å². The van der Waals surface area contributed by atoms with Crippen LogP contribution in [0.5, 0.6) is 0 Å². The first kappa shape index (κ1) is 72.0. The minimum absolute atomic E-state index is 0.0132. The van der Waals surface area contributed by atoms with Crippen molar-refractivity contribution in [3.63, 3.8) is 0 Å². The summed E-state index contributed by atoms with van der Waals surface area (Å²) in [4.78, 5) is 164. The van der Waals surface area contributed by atoms with E-state index >= 15 is 0 Å². The number of likely N-dealkylation sites (tertiary alicyclic amines) is 1. The molecular formula is C57H88N22O12. The fourth-order valence-electron chi connectivity index (χ4n) is 10.1. The Labute approximate surface area is 524 Å². The zero-order valence-electron chi connectivity index (χ0n) is 51.1. The summed E-state index contributed by atoms with van der Waals surface area (Å²) in [5.41, 5.74) is 36.5. The molecule has 1 saturated heterocycles. The molecule has 0 bridgehead atoms. The van der Waals surface area contributed by atoms with E-state index in [4.69, 9.17) is 34.4 Å². The smallest absolute Gasteiger partial charge is 0.326 e. The van der Waals surface area contributed by atoms with E-state index in [-0.39, 0.29) is 102 Å². The molecule has 25 N–H and O–H groups in total. The van der Waals surface area contributed by atoms with E-state index in [2.05, 4.69) is 77.4 Å². The van der Waals surface area contributed by atoms with Gasteiger partial charge < -0.3 is 107 Å². The van der Waals surface area contributed by atoms with Gasteiger partial charge in [0, 0.05) is 79.8 Å². The molecule has 4 aromatic rings. The van der Waals surface area contributed by atoms with Crippen LogP contribution in [-0.2, 0) is 67.2 Å². The first-order valence-electron chi connectivity index (χ1n) is 30.1. The van der Waals surface area contributed by atoms with Crippen molar-refractivity contribution in [2.45, 2.75) is 152 Å². The van der Waals surface area contributed by atoms with Gasteiger partial charge in [-0.25, -0.2) is 14.8 Å². The molecular weight excluding hydrogens is 1180 g/mol. The Morgan fingerprint density at radius 1 is 0.648 bits per heavy atom. The van der Waals surface area contributed by atoms with Crippen molar-refractivity contribution in [2.75, 3.05) is 39.3 Å². The number of aliphatic hydroxyl groups is 1. The van der Waals surface area contributed by atoms with Gasteiger partial charge in [-0.1, -0.05) is 32.0 Å². The van der Waals surface area contributed by atoms with Crippen LogP contribution in [0.4, 0.5) is 0 Å². The lowest BCUT2D eigenvalue weighted by molar-refractivity contribution is -0.142. The Hall–Kier alpha value is -9.70. The van der Waals surface area contributed by atoms with Crippen LogP contribution in [0.15, 0.2) is 65.5 Å². The molecule has 5 rings (SSSR count). The predicted molar refractivity (Wildman–Crippen MR) is 333 cm³/mol. The Bertz CT molecular complexity index is 3110. The maximum absolute atomic E-state index is 14.8. The predicted octanol–water partition coefficient (Wildman–Crippen LogP) is -5.17. The van der Waals surface area contributed by atoms with Crippen LogP contribution in [0.25, 0.3) is 10.9 Å². The summed E-state index contributed by atoms with van der Waals surface area (Å²) in [7, 11) is 0. The summed E-state index contributed by atoms with van der Waals surface area (Å²) in [6.45, 7) is 2.42. The first-order valence-corrected chi connectivity index (χ1v) is 30.1. The zero-order chi connectivity index (χ0) is 66.6. The van der Waals surface area contributed by atoms with E-state index in [9.17, 15) is 58.2 Å². The maximum atomic E-state index is 14.8. The third kappa shape index (κ3) is 23.6. The number of hydrogen-bond acceptors (Lipinski definition) is 17. The van der Waals surface area contributed by atoms with Crippen LogP contribution in [0, 0.1) is 5.92 Å². The molecule has 0 spiro atoms. The monoisotopic (exact) mass is 1270 g/mol. The summed E-state index contributed by atoms with van der Waals surface area (Å²) in [6, 6.07) is -4.53. The third-order valence-electron chi connectivity index (χ3n) is 14.8. The van der Waals surface area contributed by atoms with Crippen molar-refractivity contribution in [1.82, 2.24) is 72.4 Å². The van der Waals surface area contributed by atoms with Crippen LogP contribution in [-0.4, -0.2) is 205 Å². The molecule has 3 aromatic heterocycles. The highest BCUT2D eigenvalue weighted by molar-refractivity contribution is 5.99. The number of nitrogens with two attached hydrogens (primary N) is 6. The van der Waals surface area contributed by atoms with E-state index in [0.29, 0.717) is 42.6 Å². The lowest BCUT2D eigenvalue weighted by Crippen LogP contribution is -2.60. The van der Waals surface area contributed by atoms with E-state index in [1.165, 1.54) is 29.9 Å². The van der Waals surface area contributed by atoms with Crippen LogP contribution in [0.3, 0.4) is 0 Å². The second kappa shape index (κ2) is 36.7. The number of H-pyrrole nitrogens is 3. The number of rotatable bonds is 39. The summed E-state index contributed by atoms with van der Waals surface area (Å²) < 4.78 is 0. The number of imidazole rings is 2. The van der Waals surface area contributed by atoms with Gasteiger partial charge in [0.25, 0.3) is 0 Å². The number of hydrogen-bond donors (Lipinski definition) is 19. The Kier molecular flexibility index (Phi) is 29.1. The number of carbonyl (C=O) groups excluding carboxylic acids is 9. The van der Waals surface area contributed by atoms with Gasteiger partial charge in [-0.15, -0.1) is 0 Å². The first-order chi connectivity index (χ1) is 43.5. The maximum Gasteiger partial charge on any atom is 0.326 e. The van der Waals surface area contributed by atoms with Gasteiger partial charge in [0.1, 0.15) is 48.3 Å². The van der Waals surface area contributed by atoms with Crippen LogP contribution >= 0.6 is 0 Å². The van der Waals surface area contributed by atoms with Gasteiger partial charge in [-0.05, 0) is 88.3 Å². The molecule has 0 aliphatic carbocycles. The fourth-order valence-corrected chi connectivity index (χ4v) is 10.1. The number of carboxylic acids is 1. The van der Waals surface area contributed by atoms with Crippen molar-refractivity contribution >= 4 is 82.0 Å². The van der Waals surface area contributed by atoms with Crippen LogP contribution in [0.1, 0.15) is 95.0 Å². The largest absolute Gasteiger partial charge is 0.480 e. The van der Waals surface area contributed by atoms with Gasteiger partial charge in [0.05, 0.1) is 31.8 Å². The number of carboxylic acid groups (broad SMARTS) is 1. The number of benzene rings is 1. The third-order valence-corrected chi connectivity index (χ3v) is 14.8. The second-order valence-electron chi connectivity index (χ2n) is 22.5. The molecule has 1 fully saturated rings. The van der Waals surface area contributed by atoms with Crippen LogP contribution in [0.2, 0.25) is 0 Å². The lowest BCUT2D eigenvalue weighted by Gasteiger charge is -2.31. The zero-order valence-corrected chi connectivity index (χ0v) is 51.1. The van der Waals surface area contributed by atoms with Crippen molar-refractivity contribution < 1.29 is 58.2 Å². The molecule has 34 heteroatoms. The molecule has 0 unspecified atom stereocenters. The Balaban J connectivity index is 1.33. The quantitative estimate of drug-likeness (QED) is 0.0113. The number of aliphatic carboxylic acids is 1. The molecule has 1 aliphatic rings. The topological polar surface area (TPSA) is 565 Å². The molecule has 0 radical (unpaired) electrons. The number of nitrogens with zero attached hydrogens (tertiary/aromatic N) is 5. The lowest BCUT2D eigenvalue weighted by atomic mass is 10.0. The molecule has 1 aromatic carbocycles. The number of aromatic amines is 3. The summed E-state index contributed by atoms with van der Waals surface area (Å²) >= 11 is 0. The minimum atomic E-state index is -1.65. The number of carbonyl (C=O) groups is 10. The molecule has 0 saturated carbocycles. The molecule has 4 heterocycles. The summed E-state index contributed by atoms with van der Waals surface area (Å²) in [6.07, 6.45) is 8.82.